The van der Waals surface area contributed by atoms with Crippen LogP contribution < -0.4 is 4.74 Å². The predicted molar refractivity (Wildman–Crippen MR) is 75.3 cm³/mol. The maximum atomic E-state index is 13.6. The summed E-state index contributed by atoms with van der Waals surface area (Å²) in [5.74, 6) is 0.730. The van der Waals surface area contributed by atoms with Gasteiger partial charge in [-0.05, 0) is 20.2 Å². The highest BCUT2D eigenvalue weighted by Gasteiger charge is 2.10. The molecule has 0 aliphatic carbocycles. The number of ether oxygens (including phenoxy) is 1. The number of aromatic nitrogens is 2. The van der Waals surface area contributed by atoms with Crippen LogP contribution in [0.3, 0.4) is 0 Å². The van der Waals surface area contributed by atoms with Crippen LogP contribution in [-0.2, 0) is 0 Å². The number of benzene rings is 1. The molecular weight excluding hydrogens is 265 g/mol. The normalized spacial score (nSPS) is 11.2. The van der Waals surface area contributed by atoms with Gasteiger partial charge in [-0.3, -0.25) is 0 Å². The number of rotatable bonds is 5. The number of hydrogen-bond donors (Lipinski definition) is 0. The van der Waals surface area contributed by atoms with E-state index in [0.29, 0.717) is 5.52 Å². The Balaban J connectivity index is 2.33. The van der Waals surface area contributed by atoms with Crippen molar-refractivity contribution in [1.82, 2.24) is 14.9 Å². The Labute approximate surface area is 116 Å². The van der Waals surface area contributed by atoms with E-state index in [1.165, 1.54) is 19.5 Å². The molecule has 0 fully saturated rings. The molecule has 4 nitrogen and oxygen atoms in total. The van der Waals surface area contributed by atoms with Gasteiger partial charge in [0, 0.05) is 23.8 Å². The Bertz CT molecular complexity index is 577. The van der Waals surface area contributed by atoms with Gasteiger partial charge < -0.3 is 9.64 Å². The van der Waals surface area contributed by atoms with Crippen LogP contribution >= 0.6 is 11.8 Å². The van der Waals surface area contributed by atoms with Gasteiger partial charge in [-0.2, -0.15) is 0 Å². The highest BCUT2D eigenvalue weighted by Crippen LogP contribution is 2.29. The molecule has 0 aliphatic rings. The van der Waals surface area contributed by atoms with Crippen molar-refractivity contribution in [2.24, 2.45) is 0 Å². The zero-order valence-corrected chi connectivity index (χ0v) is 12.0. The summed E-state index contributed by atoms with van der Waals surface area (Å²) in [4.78, 5) is 10.5. The lowest BCUT2D eigenvalue weighted by Crippen LogP contribution is -2.14. The fraction of sp³-hybridized carbons (Fsp3) is 0.385. The highest BCUT2D eigenvalue weighted by atomic mass is 32.2. The van der Waals surface area contributed by atoms with Gasteiger partial charge in [0.25, 0.3) is 0 Å². The van der Waals surface area contributed by atoms with Crippen LogP contribution in [0.1, 0.15) is 0 Å². The van der Waals surface area contributed by atoms with Crippen molar-refractivity contribution < 1.29 is 9.13 Å². The third kappa shape index (κ3) is 3.33. The molecule has 19 heavy (non-hydrogen) atoms. The first-order chi connectivity index (χ1) is 9.11. The number of methoxy groups -OCH3 is 1. The standard InChI is InChI=1S/C13H16FN3OS/c1-17(2)4-5-19-13-9-6-12(18-3)10(14)7-11(9)15-8-16-13/h6-8H,4-5H2,1-3H3. The molecule has 1 aromatic carbocycles. The maximum Gasteiger partial charge on any atom is 0.167 e. The Kier molecular flexibility index (Phi) is 4.55. The molecule has 0 saturated carbocycles. The third-order valence-electron chi connectivity index (χ3n) is 2.65. The van der Waals surface area contributed by atoms with E-state index in [2.05, 4.69) is 14.9 Å². The molecule has 0 saturated heterocycles. The molecule has 102 valence electrons. The van der Waals surface area contributed by atoms with Crippen LogP contribution in [0.2, 0.25) is 0 Å². The van der Waals surface area contributed by atoms with Crippen LogP contribution in [0, 0.1) is 5.82 Å². The molecule has 2 aromatic rings. The lowest BCUT2D eigenvalue weighted by atomic mass is 10.2. The third-order valence-corrected chi connectivity index (χ3v) is 3.64. The number of fused-ring (bicyclic) bond motifs is 1. The van der Waals surface area contributed by atoms with Crippen molar-refractivity contribution in [2.45, 2.75) is 5.03 Å². The van der Waals surface area contributed by atoms with Crippen molar-refractivity contribution in [3.05, 3.63) is 24.3 Å². The van der Waals surface area contributed by atoms with Gasteiger partial charge in [-0.1, -0.05) is 0 Å². The van der Waals surface area contributed by atoms with Gasteiger partial charge in [-0.25, -0.2) is 14.4 Å². The fourth-order valence-corrected chi connectivity index (χ4v) is 2.72. The van der Waals surface area contributed by atoms with Crippen LogP contribution in [-0.4, -0.2) is 48.4 Å². The predicted octanol–water partition coefficient (Wildman–Crippen LogP) is 2.43. The molecule has 6 heteroatoms. The summed E-state index contributed by atoms with van der Waals surface area (Å²) in [7, 11) is 5.50. The van der Waals surface area contributed by atoms with Gasteiger partial charge in [0.15, 0.2) is 11.6 Å². The summed E-state index contributed by atoms with van der Waals surface area (Å²) < 4.78 is 18.6. The van der Waals surface area contributed by atoms with Gasteiger partial charge in [-0.15, -0.1) is 11.8 Å². The monoisotopic (exact) mass is 281 g/mol. The number of hydrogen-bond acceptors (Lipinski definition) is 5. The second kappa shape index (κ2) is 6.16. The molecule has 0 radical (unpaired) electrons. The minimum atomic E-state index is -0.405. The first-order valence-corrected chi connectivity index (χ1v) is 6.86. The summed E-state index contributed by atoms with van der Waals surface area (Å²) in [5, 5.41) is 1.68. The Morgan fingerprint density at radius 3 is 2.79 bits per heavy atom. The van der Waals surface area contributed by atoms with Crippen molar-refractivity contribution >= 4 is 22.7 Å². The van der Waals surface area contributed by atoms with Gasteiger partial charge in [0.2, 0.25) is 0 Å². The van der Waals surface area contributed by atoms with Crippen LogP contribution in [0.25, 0.3) is 10.9 Å². The molecular formula is C13H16FN3OS. The molecule has 2 rings (SSSR count). The lowest BCUT2D eigenvalue weighted by molar-refractivity contribution is 0.387. The first kappa shape index (κ1) is 14.0. The van der Waals surface area contributed by atoms with E-state index < -0.39 is 5.82 Å². The molecule has 0 unspecified atom stereocenters. The van der Waals surface area contributed by atoms with Gasteiger partial charge in [0.05, 0.1) is 12.6 Å². The summed E-state index contributed by atoms with van der Waals surface area (Å²) in [6.07, 6.45) is 1.46. The van der Waals surface area contributed by atoms with E-state index in [1.54, 1.807) is 17.8 Å². The van der Waals surface area contributed by atoms with Crippen molar-refractivity contribution in [3.63, 3.8) is 0 Å². The minimum Gasteiger partial charge on any atom is -0.494 e. The second-order valence-corrected chi connectivity index (χ2v) is 5.42. The van der Waals surface area contributed by atoms with E-state index in [-0.39, 0.29) is 5.75 Å². The molecule has 1 aromatic heterocycles. The maximum absolute atomic E-state index is 13.6. The summed E-state index contributed by atoms with van der Waals surface area (Å²) >= 11 is 1.63. The van der Waals surface area contributed by atoms with E-state index in [0.717, 1.165) is 22.7 Å². The Morgan fingerprint density at radius 1 is 1.32 bits per heavy atom. The fourth-order valence-electron chi connectivity index (χ4n) is 1.63. The van der Waals surface area contributed by atoms with Crippen LogP contribution in [0.5, 0.6) is 5.75 Å². The largest absolute Gasteiger partial charge is 0.494 e. The molecule has 0 bridgehead atoms. The van der Waals surface area contributed by atoms with Crippen LogP contribution in [0.4, 0.5) is 4.39 Å². The zero-order valence-electron chi connectivity index (χ0n) is 11.2. The number of halogens is 1. The van der Waals surface area contributed by atoms with Crippen molar-refractivity contribution in [3.8, 4) is 5.75 Å². The molecule has 1 heterocycles. The van der Waals surface area contributed by atoms with E-state index in [1.807, 2.05) is 14.1 Å². The topological polar surface area (TPSA) is 38.2 Å². The van der Waals surface area contributed by atoms with E-state index >= 15 is 0 Å². The molecule has 0 spiro atoms. The smallest absolute Gasteiger partial charge is 0.167 e. The molecule has 0 amide bonds. The molecule has 0 atom stereocenters. The Morgan fingerprint density at radius 2 is 2.11 bits per heavy atom. The average Bonchev–Trinajstić information content (AvgIpc) is 2.37. The SMILES string of the molecule is COc1cc2c(SCCN(C)C)ncnc2cc1F. The lowest BCUT2D eigenvalue weighted by Gasteiger charge is -2.10. The van der Waals surface area contributed by atoms with Gasteiger partial charge in [0.1, 0.15) is 11.4 Å². The highest BCUT2D eigenvalue weighted by molar-refractivity contribution is 7.99. The summed E-state index contributed by atoms with van der Waals surface area (Å²) in [5.41, 5.74) is 0.598. The van der Waals surface area contributed by atoms with Crippen LogP contribution in [0.15, 0.2) is 23.5 Å². The van der Waals surface area contributed by atoms with Gasteiger partial charge >= 0.3 is 0 Å². The summed E-state index contributed by atoms with van der Waals surface area (Å²) in [6, 6.07) is 3.04. The number of nitrogens with zero attached hydrogens (tertiary/aromatic N) is 3. The van der Waals surface area contributed by atoms with E-state index in [4.69, 9.17) is 4.74 Å². The quantitative estimate of drug-likeness (QED) is 0.621. The zero-order chi connectivity index (χ0) is 13.8. The summed E-state index contributed by atoms with van der Waals surface area (Å²) in [6.45, 7) is 0.953. The Hall–Kier alpha value is -1.40. The van der Waals surface area contributed by atoms with Crippen molar-refractivity contribution in [2.75, 3.05) is 33.5 Å². The number of thioether (sulfide) groups is 1. The van der Waals surface area contributed by atoms with E-state index in [9.17, 15) is 4.39 Å². The second-order valence-electron chi connectivity index (χ2n) is 4.33. The average molecular weight is 281 g/mol. The first-order valence-electron chi connectivity index (χ1n) is 5.87. The minimum absolute atomic E-state index is 0.219. The molecule has 0 aliphatic heterocycles. The van der Waals surface area contributed by atoms with Crippen molar-refractivity contribution in [1.29, 1.82) is 0 Å². The molecule has 0 N–H and O–H groups in total.